The molecule has 2 aliphatic rings. The largest absolute Gasteiger partial charge is 0.480 e. The standard InChI is InChI=1S/C16H21NO3S/c18-9-13-7-17(8-14(13)12-4-5-21-10-12)15(16(19)20)6-11-2-1-3-11/h4-5,9-11,13-15H,1-3,6-8H2,(H,19,20)/t13?,14?,15-/m1/s1. The van der Waals surface area contributed by atoms with Crippen molar-refractivity contribution in [3.05, 3.63) is 22.4 Å². The molecule has 1 aliphatic carbocycles. The zero-order valence-electron chi connectivity index (χ0n) is 12.0. The van der Waals surface area contributed by atoms with Gasteiger partial charge in [-0.05, 0) is 34.7 Å². The predicted octanol–water partition coefficient (Wildman–Crippen LogP) is 2.61. The Kier molecular flexibility index (Phi) is 4.40. The molecule has 2 unspecified atom stereocenters. The van der Waals surface area contributed by atoms with E-state index in [1.165, 1.54) is 12.0 Å². The third-order valence-electron chi connectivity index (χ3n) is 5.05. The summed E-state index contributed by atoms with van der Waals surface area (Å²) in [4.78, 5) is 25.0. The zero-order chi connectivity index (χ0) is 14.8. The molecule has 2 heterocycles. The first kappa shape index (κ1) is 14.7. The Bertz CT molecular complexity index is 498. The molecule has 1 saturated heterocycles. The number of carbonyl (C=O) groups is 2. The van der Waals surface area contributed by atoms with E-state index < -0.39 is 12.0 Å². The second-order valence-electron chi connectivity index (χ2n) is 6.30. The number of hydrogen-bond donors (Lipinski definition) is 1. The fourth-order valence-corrected chi connectivity index (χ4v) is 4.27. The molecule has 1 aliphatic heterocycles. The Balaban J connectivity index is 1.72. The Hall–Kier alpha value is -1.20. The van der Waals surface area contributed by atoms with Gasteiger partial charge in [-0.15, -0.1) is 0 Å². The summed E-state index contributed by atoms with van der Waals surface area (Å²) < 4.78 is 0. The van der Waals surface area contributed by atoms with Crippen molar-refractivity contribution >= 4 is 23.6 Å². The molecule has 0 spiro atoms. The van der Waals surface area contributed by atoms with Crippen LogP contribution in [-0.4, -0.2) is 41.4 Å². The van der Waals surface area contributed by atoms with E-state index >= 15 is 0 Å². The SMILES string of the molecule is O=CC1CN([C@H](CC2CCC2)C(=O)O)CC1c1ccsc1. The molecule has 3 rings (SSSR count). The minimum atomic E-state index is -0.738. The second kappa shape index (κ2) is 6.28. The number of likely N-dealkylation sites (tertiary alicyclic amines) is 1. The van der Waals surface area contributed by atoms with Crippen LogP contribution in [-0.2, 0) is 9.59 Å². The first-order chi connectivity index (χ1) is 10.2. The van der Waals surface area contributed by atoms with Gasteiger partial charge in [-0.2, -0.15) is 11.3 Å². The van der Waals surface area contributed by atoms with Gasteiger partial charge in [-0.3, -0.25) is 9.69 Å². The maximum absolute atomic E-state index is 11.6. The molecule has 0 aromatic carbocycles. The summed E-state index contributed by atoms with van der Waals surface area (Å²) in [5.74, 6) is -0.113. The summed E-state index contributed by atoms with van der Waals surface area (Å²) >= 11 is 1.63. The van der Waals surface area contributed by atoms with Crippen LogP contribution in [0.4, 0.5) is 0 Å². The van der Waals surface area contributed by atoms with Crippen molar-refractivity contribution in [1.29, 1.82) is 0 Å². The summed E-state index contributed by atoms with van der Waals surface area (Å²) in [6.07, 6.45) is 5.28. The van der Waals surface area contributed by atoms with E-state index in [9.17, 15) is 14.7 Å². The van der Waals surface area contributed by atoms with Crippen LogP contribution in [0.5, 0.6) is 0 Å². The third kappa shape index (κ3) is 3.04. The number of rotatable bonds is 6. The predicted molar refractivity (Wildman–Crippen MR) is 81.6 cm³/mol. The molecule has 1 aromatic heterocycles. The fraction of sp³-hybridized carbons (Fsp3) is 0.625. The van der Waals surface area contributed by atoms with Gasteiger partial charge in [0.15, 0.2) is 0 Å². The number of aldehydes is 1. The Labute approximate surface area is 128 Å². The topological polar surface area (TPSA) is 57.6 Å². The smallest absolute Gasteiger partial charge is 0.320 e. The van der Waals surface area contributed by atoms with Crippen molar-refractivity contribution in [3.8, 4) is 0 Å². The number of carboxylic acid groups (broad SMARTS) is 1. The van der Waals surface area contributed by atoms with E-state index in [2.05, 4.69) is 11.4 Å². The number of nitrogens with zero attached hydrogens (tertiary/aromatic N) is 1. The molecule has 1 N–H and O–H groups in total. The van der Waals surface area contributed by atoms with Crippen LogP contribution in [0.25, 0.3) is 0 Å². The van der Waals surface area contributed by atoms with Crippen molar-refractivity contribution in [3.63, 3.8) is 0 Å². The maximum atomic E-state index is 11.6. The Morgan fingerprint density at radius 3 is 2.81 bits per heavy atom. The van der Waals surface area contributed by atoms with E-state index in [0.717, 1.165) is 25.5 Å². The zero-order valence-corrected chi connectivity index (χ0v) is 12.8. The summed E-state index contributed by atoms with van der Waals surface area (Å²) in [6.45, 7) is 1.26. The number of hydrogen-bond acceptors (Lipinski definition) is 4. The van der Waals surface area contributed by atoms with E-state index in [-0.39, 0.29) is 11.8 Å². The summed E-state index contributed by atoms with van der Waals surface area (Å²) in [6, 6.07) is 1.62. The van der Waals surface area contributed by atoms with Crippen LogP contribution in [0.1, 0.15) is 37.2 Å². The van der Waals surface area contributed by atoms with E-state index in [1.54, 1.807) is 11.3 Å². The second-order valence-corrected chi connectivity index (χ2v) is 7.08. The molecule has 2 fully saturated rings. The fourth-order valence-electron chi connectivity index (χ4n) is 3.54. The van der Waals surface area contributed by atoms with Gasteiger partial charge in [-0.25, -0.2) is 0 Å². The van der Waals surface area contributed by atoms with Gasteiger partial charge in [0.25, 0.3) is 0 Å². The van der Waals surface area contributed by atoms with E-state index in [1.807, 2.05) is 10.3 Å². The van der Waals surface area contributed by atoms with Crippen molar-refractivity contribution in [2.75, 3.05) is 13.1 Å². The van der Waals surface area contributed by atoms with Crippen LogP contribution in [0.2, 0.25) is 0 Å². The molecule has 4 nitrogen and oxygen atoms in total. The lowest BCUT2D eigenvalue weighted by molar-refractivity contribution is -0.144. The monoisotopic (exact) mass is 307 g/mol. The summed E-state index contributed by atoms with van der Waals surface area (Å²) in [5.41, 5.74) is 1.17. The van der Waals surface area contributed by atoms with Crippen LogP contribution in [0, 0.1) is 11.8 Å². The highest BCUT2D eigenvalue weighted by Gasteiger charge is 2.40. The van der Waals surface area contributed by atoms with Gasteiger partial charge < -0.3 is 9.90 Å². The molecular weight excluding hydrogens is 286 g/mol. The Morgan fingerprint density at radius 2 is 2.29 bits per heavy atom. The van der Waals surface area contributed by atoms with Gasteiger partial charge in [0.2, 0.25) is 0 Å². The lowest BCUT2D eigenvalue weighted by Crippen LogP contribution is -2.42. The highest BCUT2D eigenvalue weighted by atomic mass is 32.1. The van der Waals surface area contributed by atoms with Crippen LogP contribution >= 0.6 is 11.3 Å². The normalized spacial score (nSPS) is 28.2. The first-order valence-corrected chi connectivity index (χ1v) is 8.57. The number of carbonyl (C=O) groups excluding carboxylic acids is 1. The molecule has 5 heteroatoms. The van der Waals surface area contributed by atoms with Gasteiger partial charge in [0.1, 0.15) is 12.3 Å². The lowest BCUT2D eigenvalue weighted by atomic mass is 9.80. The minimum Gasteiger partial charge on any atom is -0.480 e. The van der Waals surface area contributed by atoms with Crippen LogP contribution in [0.15, 0.2) is 16.8 Å². The molecule has 21 heavy (non-hydrogen) atoms. The number of aliphatic carboxylic acids is 1. The Morgan fingerprint density at radius 1 is 1.48 bits per heavy atom. The average molecular weight is 307 g/mol. The molecular formula is C16H21NO3S. The van der Waals surface area contributed by atoms with Crippen LogP contribution < -0.4 is 0 Å². The van der Waals surface area contributed by atoms with Gasteiger partial charge in [-0.1, -0.05) is 19.3 Å². The summed E-state index contributed by atoms with van der Waals surface area (Å²) in [7, 11) is 0. The highest BCUT2D eigenvalue weighted by molar-refractivity contribution is 7.08. The van der Waals surface area contributed by atoms with Gasteiger partial charge in [0.05, 0.1) is 0 Å². The number of carboxylic acids is 1. The van der Waals surface area contributed by atoms with E-state index in [0.29, 0.717) is 19.0 Å². The summed E-state index contributed by atoms with van der Waals surface area (Å²) in [5, 5.41) is 13.6. The molecule has 0 amide bonds. The molecule has 1 aromatic rings. The minimum absolute atomic E-state index is 0.0807. The lowest BCUT2D eigenvalue weighted by Gasteiger charge is -2.32. The van der Waals surface area contributed by atoms with Crippen molar-refractivity contribution in [1.82, 2.24) is 4.90 Å². The quantitative estimate of drug-likeness (QED) is 0.821. The highest BCUT2D eigenvalue weighted by Crippen LogP contribution is 2.37. The number of thiophene rings is 1. The van der Waals surface area contributed by atoms with Crippen molar-refractivity contribution in [2.45, 2.75) is 37.6 Å². The van der Waals surface area contributed by atoms with Crippen molar-refractivity contribution < 1.29 is 14.7 Å². The van der Waals surface area contributed by atoms with Gasteiger partial charge >= 0.3 is 5.97 Å². The molecule has 0 bridgehead atoms. The van der Waals surface area contributed by atoms with Crippen LogP contribution in [0.3, 0.4) is 0 Å². The maximum Gasteiger partial charge on any atom is 0.320 e. The molecule has 3 atom stereocenters. The van der Waals surface area contributed by atoms with Crippen molar-refractivity contribution in [2.24, 2.45) is 11.8 Å². The third-order valence-corrected chi connectivity index (χ3v) is 5.75. The molecule has 0 radical (unpaired) electrons. The molecule has 114 valence electrons. The molecule has 1 saturated carbocycles. The average Bonchev–Trinajstić information content (AvgIpc) is 3.05. The van der Waals surface area contributed by atoms with E-state index in [4.69, 9.17) is 0 Å². The van der Waals surface area contributed by atoms with Gasteiger partial charge in [0, 0.05) is 24.9 Å². The first-order valence-electron chi connectivity index (χ1n) is 7.63.